The van der Waals surface area contributed by atoms with E-state index in [1.54, 1.807) is 0 Å². The molecule has 0 fully saturated rings. The molecule has 1 rings (SSSR count). The van der Waals surface area contributed by atoms with E-state index in [0.29, 0.717) is 6.42 Å². The summed E-state index contributed by atoms with van der Waals surface area (Å²) in [6.07, 6.45) is 6.00. The molecular weight excluding hydrogens is 288 g/mol. The van der Waals surface area contributed by atoms with Crippen molar-refractivity contribution in [1.29, 1.82) is 0 Å². The van der Waals surface area contributed by atoms with Crippen molar-refractivity contribution in [2.45, 2.75) is 39.5 Å². The summed E-state index contributed by atoms with van der Waals surface area (Å²) in [6, 6.07) is 0. The van der Waals surface area contributed by atoms with E-state index >= 15 is 0 Å². The van der Waals surface area contributed by atoms with Crippen LogP contribution in [-0.2, 0) is 4.79 Å². The average Bonchev–Trinajstić information content (AvgIpc) is 2.47. The number of halogens is 4. The van der Waals surface area contributed by atoms with Crippen molar-refractivity contribution in [1.82, 2.24) is 0 Å². The Morgan fingerprint density at radius 3 is 2.33 bits per heavy atom. The lowest BCUT2D eigenvalue weighted by atomic mass is 10.2. The van der Waals surface area contributed by atoms with Crippen molar-refractivity contribution in [3.8, 4) is 5.75 Å². The molecule has 0 unspecified atom stereocenters. The van der Waals surface area contributed by atoms with Crippen LogP contribution in [0.2, 0.25) is 0 Å². The van der Waals surface area contributed by atoms with E-state index in [1.807, 2.05) is 6.92 Å². The lowest BCUT2D eigenvalue weighted by Gasteiger charge is -2.08. The third-order valence-electron chi connectivity index (χ3n) is 2.87. The molecule has 0 spiro atoms. The van der Waals surface area contributed by atoms with Gasteiger partial charge in [0.15, 0.2) is 17.5 Å². The number of hydrogen-bond donors (Lipinski definition) is 0. The summed E-state index contributed by atoms with van der Waals surface area (Å²) in [6.45, 7) is 2.94. The number of allylic oxidation sites excluding steroid dienone is 1. The van der Waals surface area contributed by atoms with Gasteiger partial charge in [-0.1, -0.05) is 25.8 Å². The average molecular weight is 304 g/mol. The van der Waals surface area contributed by atoms with Gasteiger partial charge in [0.1, 0.15) is 0 Å². The van der Waals surface area contributed by atoms with Crippen LogP contribution in [0, 0.1) is 30.2 Å². The first-order valence-electron chi connectivity index (χ1n) is 6.61. The Labute approximate surface area is 120 Å². The molecule has 0 amide bonds. The van der Waals surface area contributed by atoms with Gasteiger partial charge in [-0.15, -0.1) is 0 Å². The number of carbonyl (C=O) groups is 1. The van der Waals surface area contributed by atoms with Crippen molar-refractivity contribution >= 4 is 5.97 Å². The van der Waals surface area contributed by atoms with Crippen molar-refractivity contribution < 1.29 is 27.1 Å². The van der Waals surface area contributed by atoms with Gasteiger partial charge in [-0.05, 0) is 19.8 Å². The molecule has 0 aromatic heterocycles. The molecule has 0 aliphatic rings. The predicted molar refractivity (Wildman–Crippen MR) is 69.9 cm³/mol. The Morgan fingerprint density at radius 1 is 1.05 bits per heavy atom. The second kappa shape index (κ2) is 7.81. The number of carbonyl (C=O) groups excluding carboxylic acids is 1. The fourth-order valence-corrected chi connectivity index (χ4v) is 1.64. The van der Waals surface area contributed by atoms with Crippen LogP contribution in [0.5, 0.6) is 5.75 Å². The zero-order valence-electron chi connectivity index (χ0n) is 11.8. The third kappa shape index (κ3) is 4.31. The maximum Gasteiger partial charge on any atom is 0.336 e. The Kier molecular flexibility index (Phi) is 6.39. The highest BCUT2D eigenvalue weighted by atomic mass is 19.2. The fraction of sp³-hybridized carbons (Fsp3) is 0.400. The molecule has 0 saturated heterocycles. The molecule has 0 heterocycles. The first-order chi connectivity index (χ1) is 9.90. The second-order valence-corrected chi connectivity index (χ2v) is 4.53. The van der Waals surface area contributed by atoms with Gasteiger partial charge < -0.3 is 4.74 Å². The van der Waals surface area contributed by atoms with E-state index < -0.39 is 40.6 Å². The summed E-state index contributed by atoms with van der Waals surface area (Å²) in [5.74, 6) is -9.07. The minimum absolute atomic E-state index is 0.616. The molecule has 0 atom stereocenters. The first-order valence-corrected chi connectivity index (χ1v) is 6.61. The summed E-state index contributed by atoms with van der Waals surface area (Å²) in [5.41, 5.74) is -0.747. The van der Waals surface area contributed by atoms with E-state index in [9.17, 15) is 22.4 Å². The molecule has 6 heteroatoms. The van der Waals surface area contributed by atoms with Crippen LogP contribution in [0.15, 0.2) is 12.2 Å². The van der Waals surface area contributed by atoms with Crippen LogP contribution in [0.4, 0.5) is 17.6 Å². The Bertz CT molecular complexity index is 524. The highest BCUT2D eigenvalue weighted by Gasteiger charge is 2.25. The van der Waals surface area contributed by atoms with Crippen LogP contribution in [0.3, 0.4) is 0 Å². The fourth-order valence-electron chi connectivity index (χ4n) is 1.64. The smallest absolute Gasteiger partial charge is 0.336 e. The largest absolute Gasteiger partial charge is 0.417 e. The van der Waals surface area contributed by atoms with E-state index in [2.05, 4.69) is 4.74 Å². The maximum atomic E-state index is 13.6. The van der Waals surface area contributed by atoms with Gasteiger partial charge in [0.05, 0.1) is 0 Å². The van der Waals surface area contributed by atoms with Gasteiger partial charge in [-0.25, -0.2) is 18.0 Å². The van der Waals surface area contributed by atoms with E-state index in [-0.39, 0.29) is 0 Å². The quantitative estimate of drug-likeness (QED) is 0.146. The summed E-state index contributed by atoms with van der Waals surface area (Å²) in [7, 11) is 0. The highest BCUT2D eigenvalue weighted by Crippen LogP contribution is 2.29. The summed E-state index contributed by atoms with van der Waals surface area (Å²) < 4.78 is 57.6. The number of ether oxygens (including phenoxy) is 1. The Balaban J connectivity index is 2.82. The minimum atomic E-state index is -1.87. The topological polar surface area (TPSA) is 26.3 Å². The molecule has 1 aromatic rings. The first kappa shape index (κ1) is 17.2. The monoisotopic (exact) mass is 304 g/mol. The van der Waals surface area contributed by atoms with E-state index in [1.165, 1.54) is 6.08 Å². The third-order valence-corrected chi connectivity index (χ3v) is 2.87. The number of rotatable bonds is 6. The molecule has 0 saturated carbocycles. The molecule has 0 radical (unpaired) electrons. The van der Waals surface area contributed by atoms with E-state index in [0.717, 1.165) is 32.3 Å². The number of esters is 1. The van der Waals surface area contributed by atoms with Gasteiger partial charge in [0, 0.05) is 11.6 Å². The van der Waals surface area contributed by atoms with Crippen LogP contribution in [0.25, 0.3) is 0 Å². The van der Waals surface area contributed by atoms with Gasteiger partial charge in [-0.2, -0.15) is 4.39 Å². The summed E-state index contributed by atoms with van der Waals surface area (Å²) in [4.78, 5) is 11.4. The SMILES string of the molecule is CCCCC/C=C/C(=O)Oc1c(F)c(C)c(F)c(F)c1F. The zero-order valence-corrected chi connectivity index (χ0v) is 11.8. The van der Waals surface area contributed by atoms with Crippen molar-refractivity contribution in [3.63, 3.8) is 0 Å². The molecule has 1 aromatic carbocycles. The standard InChI is InChI=1S/C15H16F4O2/c1-3-4-5-6-7-8-10(20)21-15-12(17)9(2)11(16)13(18)14(15)19/h7-8H,3-6H2,1-2H3/b8-7+. The zero-order chi connectivity index (χ0) is 16.0. The lowest BCUT2D eigenvalue weighted by molar-refractivity contribution is -0.129. The molecule has 0 aliphatic carbocycles. The van der Waals surface area contributed by atoms with Crippen molar-refractivity contribution in [2.24, 2.45) is 0 Å². The van der Waals surface area contributed by atoms with Crippen LogP contribution in [-0.4, -0.2) is 5.97 Å². The van der Waals surface area contributed by atoms with Crippen molar-refractivity contribution in [2.75, 3.05) is 0 Å². The molecule has 116 valence electrons. The van der Waals surface area contributed by atoms with Crippen LogP contribution in [0.1, 0.15) is 38.2 Å². The Hall–Kier alpha value is -1.85. The van der Waals surface area contributed by atoms with Gasteiger partial charge >= 0.3 is 5.97 Å². The lowest BCUT2D eigenvalue weighted by Crippen LogP contribution is -2.10. The minimum Gasteiger partial charge on any atom is -0.417 e. The summed E-state index contributed by atoms with van der Waals surface area (Å²) in [5, 5.41) is 0. The molecule has 0 N–H and O–H groups in total. The highest BCUT2D eigenvalue weighted by molar-refractivity contribution is 5.84. The normalized spacial score (nSPS) is 11.1. The van der Waals surface area contributed by atoms with Gasteiger partial charge in [0.25, 0.3) is 0 Å². The molecule has 2 nitrogen and oxygen atoms in total. The molecule has 21 heavy (non-hydrogen) atoms. The predicted octanol–water partition coefficient (Wildman–Crippen LogP) is 4.59. The summed E-state index contributed by atoms with van der Waals surface area (Å²) >= 11 is 0. The van der Waals surface area contributed by atoms with E-state index in [4.69, 9.17) is 0 Å². The molecule has 0 aliphatic heterocycles. The molecule has 0 bridgehead atoms. The van der Waals surface area contributed by atoms with Crippen LogP contribution >= 0.6 is 0 Å². The number of unbranched alkanes of at least 4 members (excludes halogenated alkanes) is 3. The number of benzene rings is 1. The van der Waals surface area contributed by atoms with Crippen molar-refractivity contribution in [3.05, 3.63) is 41.0 Å². The second-order valence-electron chi connectivity index (χ2n) is 4.53. The number of hydrogen-bond acceptors (Lipinski definition) is 2. The Morgan fingerprint density at radius 2 is 1.71 bits per heavy atom. The molecular formula is C15H16F4O2. The maximum absolute atomic E-state index is 13.6. The van der Waals surface area contributed by atoms with Crippen LogP contribution < -0.4 is 4.74 Å². The van der Waals surface area contributed by atoms with Gasteiger partial charge in [-0.3, -0.25) is 0 Å². The van der Waals surface area contributed by atoms with Gasteiger partial charge in [0.2, 0.25) is 11.6 Å².